The van der Waals surface area contributed by atoms with E-state index in [1.807, 2.05) is 41.1 Å². The van der Waals surface area contributed by atoms with Crippen molar-refractivity contribution in [2.45, 2.75) is 19.0 Å². The van der Waals surface area contributed by atoms with Crippen molar-refractivity contribution in [3.05, 3.63) is 101 Å². The summed E-state index contributed by atoms with van der Waals surface area (Å²) in [5.74, 6) is 1.45. The highest BCUT2D eigenvalue weighted by Gasteiger charge is 2.25. The van der Waals surface area contributed by atoms with Gasteiger partial charge in [-0.25, -0.2) is 4.68 Å². The Balaban J connectivity index is 1.46. The highest BCUT2D eigenvalue weighted by Crippen LogP contribution is 2.28. The van der Waals surface area contributed by atoms with Gasteiger partial charge in [0.25, 0.3) is 0 Å². The van der Waals surface area contributed by atoms with Crippen LogP contribution in [0, 0.1) is 4.77 Å². The second-order valence-electron chi connectivity index (χ2n) is 7.76. The molecule has 0 spiro atoms. The molecule has 1 atom stereocenters. The number of hydrogen-bond acceptors (Lipinski definition) is 3. The molecule has 3 aromatic carbocycles. The molecular weight excluding hydrogens is 388 g/mol. The van der Waals surface area contributed by atoms with Gasteiger partial charge in [-0.3, -0.25) is 9.47 Å². The van der Waals surface area contributed by atoms with Crippen molar-refractivity contribution in [1.82, 2.24) is 19.2 Å². The van der Waals surface area contributed by atoms with Crippen molar-refractivity contribution in [2.24, 2.45) is 0 Å². The lowest BCUT2D eigenvalue weighted by Crippen LogP contribution is -2.24. The molecule has 4 aromatic rings. The van der Waals surface area contributed by atoms with E-state index in [-0.39, 0.29) is 0 Å². The SMILES string of the molecule is S=c1n(CN2CC[C@@H](c3ccccc3)C2)nc(-c2ccccc2)n1-c1ccccc1. The van der Waals surface area contributed by atoms with Gasteiger partial charge in [-0.1, -0.05) is 78.9 Å². The Morgan fingerprint density at radius 1 is 0.833 bits per heavy atom. The lowest BCUT2D eigenvalue weighted by molar-refractivity contribution is 0.250. The van der Waals surface area contributed by atoms with Crippen molar-refractivity contribution in [3.8, 4) is 17.1 Å². The van der Waals surface area contributed by atoms with Crippen LogP contribution in [-0.2, 0) is 6.67 Å². The molecule has 2 heterocycles. The summed E-state index contributed by atoms with van der Waals surface area (Å²) in [5, 5.41) is 4.95. The number of aromatic nitrogens is 3. The molecular formula is C25H24N4S. The number of hydrogen-bond donors (Lipinski definition) is 0. The summed E-state index contributed by atoms with van der Waals surface area (Å²) in [6.45, 7) is 2.80. The van der Waals surface area contributed by atoms with Crippen LogP contribution in [0.2, 0.25) is 0 Å². The molecule has 5 heteroatoms. The molecule has 0 unspecified atom stereocenters. The van der Waals surface area contributed by atoms with E-state index in [4.69, 9.17) is 17.3 Å². The molecule has 1 fully saturated rings. The molecule has 0 aliphatic carbocycles. The number of benzene rings is 3. The van der Waals surface area contributed by atoms with Crippen LogP contribution < -0.4 is 0 Å². The predicted octanol–water partition coefficient (Wildman–Crippen LogP) is 5.52. The van der Waals surface area contributed by atoms with E-state index in [9.17, 15) is 0 Å². The fraction of sp³-hybridized carbons (Fsp3) is 0.200. The molecule has 1 aromatic heterocycles. The first kappa shape index (κ1) is 19.0. The minimum absolute atomic E-state index is 0.574. The molecule has 0 amide bonds. The van der Waals surface area contributed by atoms with Gasteiger partial charge in [-0.2, -0.15) is 0 Å². The summed E-state index contributed by atoms with van der Waals surface area (Å²) >= 11 is 5.89. The Bertz CT molecular complexity index is 1170. The Labute approximate surface area is 182 Å². The maximum Gasteiger partial charge on any atom is 0.204 e. The van der Waals surface area contributed by atoms with E-state index in [0.29, 0.717) is 12.6 Å². The van der Waals surface area contributed by atoms with E-state index < -0.39 is 0 Å². The van der Waals surface area contributed by atoms with Crippen LogP contribution in [0.1, 0.15) is 17.9 Å². The standard InChI is InChI=1S/C25H24N4S/c30-25-28(19-27-17-16-22(18-27)20-10-4-1-5-11-20)26-24(21-12-6-2-7-13-21)29(25)23-14-8-3-9-15-23/h1-15,22H,16-19H2/t22-/m1/s1. The fourth-order valence-electron chi connectivity index (χ4n) is 4.23. The molecule has 0 N–H and O–H groups in total. The average molecular weight is 413 g/mol. The molecule has 0 saturated carbocycles. The number of para-hydroxylation sites is 1. The van der Waals surface area contributed by atoms with Crippen molar-refractivity contribution in [2.75, 3.05) is 13.1 Å². The molecule has 4 nitrogen and oxygen atoms in total. The molecule has 0 radical (unpaired) electrons. The Morgan fingerprint density at radius 3 is 2.17 bits per heavy atom. The van der Waals surface area contributed by atoms with Crippen molar-refractivity contribution in [3.63, 3.8) is 0 Å². The Hall–Kier alpha value is -3.02. The van der Waals surface area contributed by atoms with Gasteiger partial charge in [0.2, 0.25) is 4.77 Å². The number of likely N-dealkylation sites (tertiary alicyclic amines) is 1. The molecule has 30 heavy (non-hydrogen) atoms. The first-order valence-electron chi connectivity index (χ1n) is 10.4. The average Bonchev–Trinajstić information content (AvgIpc) is 3.41. The first-order chi connectivity index (χ1) is 14.8. The third-order valence-electron chi connectivity index (χ3n) is 5.76. The molecule has 1 aliphatic rings. The lowest BCUT2D eigenvalue weighted by atomic mass is 9.99. The Morgan fingerprint density at radius 2 is 1.47 bits per heavy atom. The summed E-state index contributed by atoms with van der Waals surface area (Å²) in [7, 11) is 0. The fourth-order valence-corrected chi connectivity index (χ4v) is 4.52. The zero-order valence-corrected chi connectivity index (χ0v) is 17.6. The van der Waals surface area contributed by atoms with Gasteiger partial charge >= 0.3 is 0 Å². The van der Waals surface area contributed by atoms with Crippen LogP contribution >= 0.6 is 12.2 Å². The highest BCUT2D eigenvalue weighted by atomic mass is 32.1. The third kappa shape index (κ3) is 3.74. The zero-order valence-electron chi connectivity index (χ0n) is 16.8. The predicted molar refractivity (Wildman–Crippen MR) is 123 cm³/mol. The van der Waals surface area contributed by atoms with E-state index in [2.05, 4.69) is 64.1 Å². The molecule has 1 saturated heterocycles. The molecule has 0 bridgehead atoms. The second kappa shape index (κ2) is 8.38. The second-order valence-corrected chi connectivity index (χ2v) is 8.12. The minimum Gasteiger partial charge on any atom is -0.284 e. The van der Waals surface area contributed by atoms with Gasteiger partial charge in [-0.15, -0.1) is 5.10 Å². The largest absolute Gasteiger partial charge is 0.284 e. The molecule has 1 aliphatic heterocycles. The van der Waals surface area contributed by atoms with Crippen LogP contribution in [0.25, 0.3) is 17.1 Å². The first-order valence-corrected chi connectivity index (χ1v) is 10.8. The van der Waals surface area contributed by atoms with E-state index >= 15 is 0 Å². The van der Waals surface area contributed by atoms with Gasteiger partial charge in [0.1, 0.15) is 0 Å². The quantitative estimate of drug-likeness (QED) is 0.404. The number of rotatable bonds is 5. The van der Waals surface area contributed by atoms with Crippen LogP contribution in [-0.4, -0.2) is 32.3 Å². The van der Waals surface area contributed by atoms with Gasteiger partial charge in [0, 0.05) is 24.3 Å². The van der Waals surface area contributed by atoms with Gasteiger partial charge < -0.3 is 0 Å². The normalized spacial score (nSPS) is 16.7. The topological polar surface area (TPSA) is 26.0 Å². The third-order valence-corrected chi connectivity index (χ3v) is 6.16. The van der Waals surface area contributed by atoms with Crippen molar-refractivity contribution >= 4 is 12.2 Å². The molecule has 150 valence electrons. The van der Waals surface area contributed by atoms with Gasteiger partial charge in [0.15, 0.2) is 5.82 Å². The summed E-state index contributed by atoms with van der Waals surface area (Å²) in [5.41, 5.74) is 3.52. The maximum atomic E-state index is 5.89. The van der Waals surface area contributed by atoms with Gasteiger partial charge in [0.05, 0.1) is 6.67 Å². The smallest absolute Gasteiger partial charge is 0.204 e. The lowest BCUT2D eigenvalue weighted by Gasteiger charge is -2.16. The van der Waals surface area contributed by atoms with Crippen LogP contribution in [0.3, 0.4) is 0 Å². The Kier molecular flexibility index (Phi) is 5.30. The van der Waals surface area contributed by atoms with E-state index in [0.717, 1.165) is 34.9 Å². The summed E-state index contributed by atoms with van der Waals surface area (Å²) in [6.07, 6.45) is 1.17. The van der Waals surface area contributed by atoms with Gasteiger partial charge in [-0.05, 0) is 42.3 Å². The maximum absolute atomic E-state index is 5.89. The number of nitrogens with zero attached hydrogens (tertiary/aromatic N) is 4. The molecule has 5 rings (SSSR count). The van der Waals surface area contributed by atoms with Crippen LogP contribution in [0.5, 0.6) is 0 Å². The van der Waals surface area contributed by atoms with Crippen molar-refractivity contribution < 1.29 is 0 Å². The monoisotopic (exact) mass is 412 g/mol. The van der Waals surface area contributed by atoms with Crippen molar-refractivity contribution in [1.29, 1.82) is 0 Å². The van der Waals surface area contributed by atoms with Crippen LogP contribution in [0.15, 0.2) is 91.0 Å². The van der Waals surface area contributed by atoms with E-state index in [1.54, 1.807) is 0 Å². The zero-order chi connectivity index (χ0) is 20.3. The summed E-state index contributed by atoms with van der Waals surface area (Å²) in [6, 6.07) is 31.3. The highest BCUT2D eigenvalue weighted by molar-refractivity contribution is 7.71. The summed E-state index contributed by atoms with van der Waals surface area (Å²) in [4.78, 5) is 2.45. The van der Waals surface area contributed by atoms with E-state index in [1.165, 1.54) is 12.0 Å². The van der Waals surface area contributed by atoms with Crippen LogP contribution in [0.4, 0.5) is 0 Å². The summed E-state index contributed by atoms with van der Waals surface area (Å²) < 4.78 is 4.77. The minimum atomic E-state index is 0.574.